The maximum absolute atomic E-state index is 11.3. The van der Waals surface area contributed by atoms with E-state index in [0.29, 0.717) is 19.8 Å². The fourth-order valence-electron chi connectivity index (χ4n) is 3.63. The van der Waals surface area contributed by atoms with Gasteiger partial charge in [-0.05, 0) is 37.1 Å². The van der Waals surface area contributed by atoms with Gasteiger partial charge in [0, 0.05) is 31.1 Å². The lowest BCUT2D eigenvalue weighted by molar-refractivity contribution is -0.143. The van der Waals surface area contributed by atoms with Crippen molar-refractivity contribution in [2.75, 3.05) is 44.3 Å². The Morgan fingerprint density at radius 2 is 2.15 bits per heavy atom. The number of thiophene rings is 1. The van der Waals surface area contributed by atoms with Crippen molar-refractivity contribution in [2.45, 2.75) is 19.4 Å². The molecule has 4 heterocycles. The van der Waals surface area contributed by atoms with E-state index in [2.05, 4.69) is 25.8 Å². The number of fused-ring (bicyclic) bond motifs is 1. The summed E-state index contributed by atoms with van der Waals surface area (Å²) in [6.07, 6.45) is 1.69. The van der Waals surface area contributed by atoms with Gasteiger partial charge in [0.15, 0.2) is 5.82 Å². The van der Waals surface area contributed by atoms with Gasteiger partial charge in [0.05, 0.1) is 29.3 Å². The maximum Gasteiger partial charge on any atom is 0.307 e. The SMILES string of the molecule is O=C(O)[C@H]1CCCN(Cc2cc3nc(Cl)nc(N4CCOCC4)c3s2)C1. The third kappa shape index (κ3) is 3.78. The molecule has 2 aromatic rings. The number of anilines is 1. The Labute approximate surface area is 160 Å². The first-order chi connectivity index (χ1) is 12.6. The molecular weight excluding hydrogens is 376 g/mol. The van der Waals surface area contributed by atoms with Crippen LogP contribution in [-0.2, 0) is 16.1 Å². The summed E-state index contributed by atoms with van der Waals surface area (Å²) < 4.78 is 6.47. The smallest absolute Gasteiger partial charge is 0.307 e. The second-order valence-electron chi connectivity index (χ2n) is 6.76. The number of carboxylic acid groups (broad SMARTS) is 1. The predicted molar refractivity (Wildman–Crippen MR) is 101 cm³/mol. The third-order valence-corrected chi connectivity index (χ3v) is 6.20. The van der Waals surface area contributed by atoms with Gasteiger partial charge in [-0.2, -0.15) is 4.98 Å². The quantitative estimate of drug-likeness (QED) is 0.795. The Hall–Kier alpha value is -1.48. The van der Waals surface area contributed by atoms with Crippen LogP contribution in [0.2, 0.25) is 5.28 Å². The van der Waals surface area contributed by atoms with Gasteiger partial charge >= 0.3 is 5.97 Å². The number of morpholine rings is 1. The van der Waals surface area contributed by atoms with Crippen molar-refractivity contribution in [1.29, 1.82) is 0 Å². The summed E-state index contributed by atoms with van der Waals surface area (Å²) in [5.74, 6) is -0.0869. The highest BCUT2D eigenvalue weighted by atomic mass is 35.5. The van der Waals surface area contributed by atoms with Crippen LogP contribution in [0.3, 0.4) is 0 Å². The zero-order valence-corrected chi connectivity index (χ0v) is 15.9. The molecule has 26 heavy (non-hydrogen) atoms. The Morgan fingerprint density at radius 3 is 2.92 bits per heavy atom. The summed E-state index contributed by atoms with van der Waals surface area (Å²) in [5, 5.41) is 9.53. The van der Waals surface area contributed by atoms with Crippen LogP contribution >= 0.6 is 22.9 Å². The van der Waals surface area contributed by atoms with Crippen molar-refractivity contribution >= 4 is 44.9 Å². The van der Waals surface area contributed by atoms with Crippen LogP contribution in [-0.4, -0.2) is 65.3 Å². The normalized spacial score (nSPS) is 22.0. The van der Waals surface area contributed by atoms with E-state index in [9.17, 15) is 9.90 Å². The topological polar surface area (TPSA) is 78.8 Å². The molecule has 0 aliphatic carbocycles. The molecule has 2 saturated heterocycles. The number of carbonyl (C=O) groups is 1. The van der Waals surface area contributed by atoms with Crippen molar-refractivity contribution in [1.82, 2.24) is 14.9 Å². The molecule has 0 saturated carbocycles. The fourth-order valence-corrected chi connectivity index (χ4v) is 4.95. The van der Waals surface area contributed by atoms with E-state index in [0.717, 1.165) is 59.9 Å². The fraction of sp³-hybridized carbons (Fsp3) is 0.588. The van der Waals surface area contributed by atoms with E-state index in [4.69, 9.17) is 16.3 Å². The van der Waals surface area contributed by atoms with Crippen molar-refractivity contribution in [3.8, 4) is 0 Å². The summed E-state index contributed by atoms with van der Waals surface area (Å²) in [6.45, 7) is 5.24. The minimum absolute atomic E-state index is 0.257. The number of hydrogen-bond donors (Lipinski definition) is 1. The number of likely N-dealkylation sites (tertiary alicyclic amines) is 1. The Morgan fingerprint density at radius 1 is 1.35 bits per heavy atom. The molecule has 2 aliphatic heterocycles. The van der Waals surface area contributed by atoms with Crippen LogP contribution in [0.1, 0.15) is 17.7 Å². The molecule has 2 aliphatic rings. The molecule has 0 aromatic carbocycles. The van der Waals surface area contributed by atoms with Crippen molar-refractivity contribution in [3.05, 3.63) is 16.2 Å². The number of nitrogens with zero attached hydrogens (tertiary/aromatic N) is 4. The minimum Gasteiger partial charge on any atom is -0.481 e. The highest BCUT2D eigenvalue weighted by Gasteiger charge is 2.26. The van der Waals surface area contributed by atoms with Crippen molar-refractivity contribution < 1.29 is 14.6 Å². The highest BCUT2D eigenvalue weighted by molar-refractivity contribution is 7.19. The molecule has 140 valence electrons. The van der Waals surface area contributed by atoms with E-state index in [-0.39, 0.29) is 11.2 Å². The van der Waals surface area contributed by atoms with Gasteiger partial charge in [0.25, 0.3) is 0 Å². The molecule has 0 radical (unpaired) electrons. The summed E-state index contributed by atoms with van der Waals surface area (Å²) in [5.41, 5.74) is 0.860. The first-order valence-corrected chi connectivity index (χ1v) is 10.0. The van der Waals surface area contributed by atoms with Crippen LogP contribution in [0.5, 0.6) is 0 Å². The van der Waals surface area contributed by atoms with E-state index in [1.165, 1.54) is 0 Å². The van der Waals surface area contributed by atoms with Gasteiger partial charge in [-0.15, -0.1) is 11.3 Å². The van der Waals surface area contributed by atoms with Crippen LogP contribution in [0, 0.1) is 5.92 Å². The van der Waals surface area contributed by atoms with Crippen LogP contribution in [0.25, 0.3) is 10.2 Å². The van der Waals surface area contributed by atoms with Gasteiger partial charge in [-0.1, -0.05) is 0 Å². The van der Waals surface area contributed by atoms with E-state index >= 15 is 0 Å². The van der Waals surface area contributed by atoms with Crippen molar-refractivity contribution in [3.63, 3.8) is 0 Å². The zero-order valence-electron chi connectivity index (χ0n) is 14.4. The summed E-state index contributed by atoms with van der Waals surface area (Å²) in [4.78, 5) is 25.7. The number of rotatable bonds is 4. The molecule has 0 spiro atoms. The lowest BCUT2D eigenvalue weighted by atomic mass is 9.98. The maximum atomic E-state index is 11.3. The van der Waals surface area contributed by atoms with Gasteiger partial charge in [0.2, 0.25) is 5.28 Å². The monoisotopic (exact) mass is 396 g/mol. The second kappa shape index (κ2) is 7.64. The molecule has 4 rings (SSSR count). The number of aliphatic carboxylic acids is 1. The van der Waals surface area contributed by atoms with Gasteiger partial charge < -0.3 is 14.7 Å². The number of piperidine rings is 1. The van der Waals surface area contributed by atoms with E-state index in [1.54, 1.807) is 11.3 Å². The van der Waals surface area contributed by atoms with Gasteiger partial charge in [0.1, 0.15) is 0 Å². The number of halogens is 1. The molecule has 0 bridgehead atoms. The first-order valence-electron chi connectivity index (χ1n) is 8.84. The molecule has 0 amide bonds. The highest BCUT2D eigenvalue weighted by Crippen LogP contribution is 2.34. The lowest BCUT2D eigenvalue weighted by Crippen LogP contribution is -2.37. The lowest BCUT2D eigenvalue weighted by Gasteiger charge is -2.30. The van der Waals surface area contributed by atoms with Crippen LogP contribution in [0.15, 0.2) is 6.07 Å². The van der Waals surface area contributed by atoms with Crippen LogP contribution < -0.4 is 4.90 Å². The Kier molecular flexibility index (Phi) is 5.26. The average Bonchev–Trinajstić information content (AvgIpc) is 3.04. The van der Waals surface area contributed by atoms with E-state index in [1.807, 2.05) is 0 Å². The standard InChI is InChI=1S/C17H21ClN4O3S/c18-17-19-13-8-12(10-21-3-1-2-11(9-21)16(23)24)26-14(13)15(20-17)22-4-6-25-7-5-22/h8,11H,1-7,9-10H2,(H,23,24)/t11-/m0/s1. The van der Waals surface area contributed by atoms with E-state index < -0.39 is 5.97 Å². The summed E-state index contributed by atoms with van der Waals surface area (Å²) >= 11 is 7.82. The number of ether oxygens (including phenoxy) is 1. The molecule has 1 N–H and O–H groups in total. The third-order valence-electron chi connectivity index (χ3n) is 4.92. The number of hydrogen-bond acceptors (Lipinski definition) is 7. The number of carboxylic acids is 1. The minimum atomic E-state index is -0.696. The molecule has 2 aromatic heterocycles. The molecule has 2 fully saturated rings. The molecule has 0 unspecified atom stereocenters. The first kappa shape index (κ1) is 17.9. The predicted octanol–water partition coefficient (Wildman–Crippen LogP) is 2.48. The molecule has 7 nitrogen and oxygen atoms in total. The molecule has 9 heteroatoms. The number of aromatic nitrogens is 2. The van der Waals surface area contributed by atoms with Crippen molar-refractivity contribution in [2.24, 2.45) is 5.92 Å². The summed E-state index contributed by atoms with van der Waals surface area (Å²) in [7, 11) is 0. The van der Waals surface area contributed by atoms with Gasteiger partial charge in [-0.3, -0.25) is 9.69 Å². The van der Waals surface area contributed by atoms with Gasteiger partial charge in [-0.25, -0.2) is 4.98 Å². The largest absolute Gasteiger partial charge is 0.481 e. The second-order valence-corrected chi connectivity index (χ2v) is 8.23. The zero-order chi connectivity index (χ0) is 18.1. The Bertz CT molecular complexity index is 809. The average molecular weight is 397 g/mol. The summed E-state index contributed by atoms with van der Waals surface area (Å²) in [6, 6.07) is 2.06. The van der Waals surface area contributed by atoms with Crippen LogP contribution in [0.4, 0.5) is 5.82 Å². The molecule has 1 atom stereocenters. The molecular formula is C17H21ClN4O3S. The Balaban J connectivity index is 1.58.